The normalized spacial score (nSPS) is 39.0. The molecule has 8 heteroatoms. The van der Waals surface area contributed by atoms with Gasteiger partial charge in [-0.25, -0.2) is 0 Å². The molecular formula is C34H62N3O4P. The molecule has 4 rings (SSSR count). The Hall–Kier alpha value is -0.720. The first-order chi connectivity index (χ1) is 19.6. The first kappa shape index (κ1) is 34.2. The maximum Gasteiger partial charge on any atom is 0.323 e. The van der Waals surface area contributed by atoms with Crippen LogP contribution in [0.4, 0.5) is 0 Å². The summed E-state index contributed by atoms with van der Waals surface area (Å²) in [6, 6.07) is -0.763. The van der Waals surface area contributed by atoms with Crippen molar-refractivity contribution in [1.29, 1.82) is 0 Å². The molecule has 0 spiro atoms. The molecule has 2 unspecified atom stereocenters. The number of ether oxygens (including phenoxy) is 1. The van der Waals surface area contributed by atoms with Gasteiger partial charge < -0.3 is 21.1 Å². The van der Waals surface area contributed by atoms with Crippen molar-refractivity contribution >= 4 is 13.5 Å². The molecular weight excluding hydrogens is 545 g/mol. The van der Waals surface area contributed by atoms with Crippen LogP contribution in [0.1, 0.15) is 125 Å². The molecule has 0 saturated heterocycles. The minimum absolute atomic E-state index is 0.0262. The number of fused-ring (bicyclic) bond motifs is 5. The van der Waals surface area contributed by atoms with Gasteiger partial charge >= 0.3 is 5.97 Å². The van der Waals surface area contributed by atoms with Crippen LogP contribution >= 0.6 is 7.52 Å². The first-order valence-corrected chi connectivity index (χ1v) is 19.0. The average Bonchev–Trinajstić information content (AvgIpc) is 3.25. The van der Waals surface area contributed by atoms with Crippen LogP contribution in [0.15, 0.2) is 11.6 Å². The molecule has 0 bridgehead atoms. The SMILES string of the molecule is CC(C)CCC[C@@H](C)[C@H]1CC[C@H]2[C@@H]3CC=C4CC(CP(N)(=O)O)(OC(=O)[C@@H](N)CCCCN)CC[C@]4(C)[C@H]3CC[C@]12C. The van der Waals surface area contributed by atoms with Crippen LogP contribution in [0.3, 0.4) is 0 Å². The van der Waals surface area contributed by atoms with Crippen molar-refractivity contribution in [2.45, 2.75) is 136 Å². The van der Waals surface area contributed by atoms with E-state index in [1.54, 1.807) is 0 Å². The van der Waals surface area contributed by atoms with Crippen molar-refractivity contribution in [3.63, 3.8) is 0 Å². The zero-order valence-electron chi connectivity index (χ0n) is 27.3. The second-order valence-corrected chi connectivity index (χ2v) is 17.7. The van der Waals surface area contributed by atoms with E-state index in [2.05, 4.69) is 40.7 Å². The number of carbonyl (C=O) groups is 1. The van der Waals surface area contributed by atoms with Crippen molar-refractivity contribution in [3.05, 3.63) is 11.6 Å². The third-order valence-electron chi connectivity index (χ3n) is 12.5. The Kier molecular flexibility index (Phi) is 10.8. The molecule has 3 saturated carbocycles. The van der Waals surface area contributed by atoms with E-state index >= 15 is 0 Å². The molecule has 7 N–H and O–H groups in total. The Morgan fingerprint density at radius 1 is 1.05 bits per heavy atom. The standard InChI is InChI=1S/C34H62N3O4P/c1-23(2)9-8-10-24(3)27-14-15-28-26-13-12-25-21-34(22-42(37,39)40,41-31(38)30(36)11-6-7-20-35)19-18-32(25,4)29(26)16-17-33(27,28)5/h12,23-24,26-30H,6-11,13-22,35-36H2,1-5H3,(H3,37,39,40)/t24-,26+,27-,28+,29+,30+,32+,33-,34?/m1/s1. The summed E-state index contributed by atoms with van der Waals surface area (Å²) in [7, 11) is -3.93. The van der Waals surface area contributed by atoms with E-state index < -0.39 is 25.1 Å². The molecule has 4 aliphatic rings. The van der Waals surface area contributed by atoms with E-state index in [1.165, 1.54) is 50.5 Å². The van der Waals surface area contributed by atoms with Crippen LogP contribution in [0.25, 0.3) is 0 Å². The predicted molar refractivity (Wildman–Crippen MR) is 172 cm³/mol. The molecule has 0 aliphatic heterocycles. The Morgan fingerprint density at radius 3 is 2.45 bits per heavy atom. The highest BCUT2D eigenvalue weighted by Gasteiger charge is 2.60. The quantitative estimate of drug-likeness (QED) is 0.0771. The van der Waals surface area contributed by atoms with E-state index in [4.69, 9.17) is 21.7 Å². The maximum atomic E-state index is 13.1. The van der Waals surface area contributed by atoms with E-state index in [-0.39, 0.29) is 11.6 Å². The van der Waals surface area contributed by atoms with Gasteiger partial charge in [0.15, 0.2) is 0 Å². The largest absolute Gasteiger partial charge is 0.457 e. The van der Waals surface area contributed by atoms with Crippen molar-refractivity contribution in [1.82, 2.24) is 0 Å². The van der Waals surface area contributed by atoms with E-state index in [9.17, 15) is 14.3 Å². The summed E-state index contributed by atoms with van der Waals surface area (Å²) in [6.45, 7) is 12.8. The Morgan fingerprint density at radius 2 is 1.79 bits per heavy atom. The minimum atomic E-state index is -3.93. The second-order valence-electron chi connectivity index (χ2n) is 15.9. The molecule has 10 atom stereocenters. The van der Waals surface area contributed by atoms with Gasteiger partial charge in [-0.2, -0.15) is 0 Å². The summed E-state index contributed by atoms with van der Waals surface area (Å²) < 4.78 is 18.6. The maximum absolute atomic E-state index is 13.1. The molecule has 0 heterocycles. The van der Waals surface area contributed by atoms with Crippen LogP contribution in [0.2, 0.25) is 0 Å². The van der Waals surface area contributed by atoms with Crippen molar-refractivity contribution < 1.29 is 19.0 Å². The lowest BCUT2D eigenvalue weighted by atomic mass is 9.46. The van der Waals surface area contributed by atoms with Gasteiger partial charge in [0.1, 0.15) is 11.6 Å². The summed E-state index contributed by atoms with van der Waals surface area (Å²) in [6.07, 6.45) is 16.5. The highest BCUT2D eigenvalue weighted by molar-refractivity contribution is 7.55. The fraction of sp³-hybridized carbons (Fsp3) is 0.912. The number of allylic oxidation sites excluding steroid dienone is 1. The van der Waals surface area contributed by atoms with Crippen LogP contribution in [-0.4, -0.2) is 35.2 Å². The molecule has 42 heavy (non-hydrogen) atoms. The number of esters is 1. The number of hydrogen-bond donors (Lipinski definition) is 4. The molecule has 4 aliphatic carbocycles. The minimum Gasteiger partial charge on any atom is -0.457 e. The number of rotatable bonds is 13. The smallest absolute Gasteiger partial charge is 0.323 e. The Balaban J connectivity index is 1.50. The topological polar surface area (TPSA) is 142 Å². The van der Waals surface area contributed by atoms with E-state index in [0.717, 1.165) is 49.4 Å². The van der Waals surface area contributed by atoms with Crippen LogP contribution in [0.5, 0.6) is 0 Å². The summed E-state index contributed by atoms with van der Waals surface area (Å²) >= 11 is 0. The molecule has 0 amide bonds. The first-order valence-electron chi connectivity index (χ1n) is 17.1. The highest BCUT2D eigenvalue weighted by atomic mass is 31.2. The van der Waals surface area contributed by atoms with Crippen molar-refractivity contribution in [2.75, 3.05) is 12.7 Å². The lowest BCUT2D eigenvalue weighted by Gasteiger charge is -2.59. The van der Waals surface area contributed by atoms with Gasteiger partial charge in [-0.15, -0.1) is 0 Å². The molecule has 0 aromatic carbocycles. The van der Waals surface area contributed by atoms with Crippen LogP contribution < -0.4 is 17.0 Å². The Labute approximate surface area is 256 Å². The van der Waals surface area contributed by atoms with E-state index in [1.807, 2.05) is 0 Å². The zero-order chi connectivity index (χ0) is 30.9. The van der Waals surface area contributed by atoms with Crippen molar-refractivity contribution in [3.8, 4) is 0 Å². The number of hydrogen-bond acceptors (Lipinski definition) is 5. The van der Waals surface area contributed by atoms with Crippen LogP contribution in [-0.2, 0) is 14.1 Å². The zero-order valence-corrected chi connectivity index (χ0v) is 28.2. The van der Waals surface area contributed by atoms with Gasteiger partial charge in [-0.3, -0.25) is 14.9 Å². The van der Waals surface area contributed by atoms with E-state index in [0.29, 0.717) is 43.1 Å². The monoisotopic (exact) mass is 607 g/mol. The molecule has 0 aromatic heterocycles. The molecule has 0 radical (unpaired) electrons. The fourth-order valence-electron chi connectivity index (χ4n) is 10.3. The number of nitrogens with two attached hydrogens (primary N) is 3. The molecule has 242 valence electrons. The van der Waals surface area contributed by atoms with Crippen molar-refractivity contribution in [2.24, 2.45) is 63.3 Å². The average molecular weight is 608 g/mol. The summed E-state index contributed by atoms with van der Waals surface area (Å²) in [5.74, 6) is 3.97. The molecule has 7 nitrogen and oxygen atoms in total. The predicted octanol–water partition coefficient (Wildman–Crippen LogP) is 6.91. The summed E-state index contributed by atoms with van der Waals surface area (Å²) in [5, 5.41) is 0. The third kappa shape index (κ3) is 7.22. The van der Waals surface area contributed by atoms with Gasteiger partial charge in [-0.1, -0.05) is 72.0 Å². The van der Waals surface area contributed by atoms with Gasteiger partial charge in [0.05, 0.1) is 6.16 Å². The van der Waals surface area contributed by atoms with Gasteiger partial charge in [0.2, 0.25) is 0 Å². The van der Waals surface area contributed by atoms with Gasteiger partial charge in [0, 0.05) is 6.42 Å². The Bertz CT molecular complexity index is 1030. The van der Waals surface area contributed by atoms with Crippen LogP contribution in [0, 0.1) is 46.3 Å². The highest BCUT2D eigenvalue weighted by Crippen LogP contribution is 2.68. The second kappa shape index (κ2) is 13.3. The fourth-order valence-corrected chi connectivity index (χ4v) is 11.5. The number of carbonyl (C=O) groups excluding carboxylic acids is 1. The third-order valence-corrected chi connectivity index (χ3v) is 13.6. The molecule has 0 aromatic rings. The molecule has 3 fully saturated rings. The van der Waals surface area contributed by atoms with Gasteiger partial charge in [0.25, 0.3) is 7.52 Å². The summed E-state index contributed by atoms with van der Waals surface area (Å²) in [5.41, 5.74) is 18.2. The van der Waals surface area contributed by atoms with Gasteiger partial charge in [-0.05, 0) is 111 Å². The number of unbranched alkanes of at least 4 members (excludes halogenated alkanes) is 1. The lowest BCUT2D eigenvalue weighted by Crippen LogP contribution is -2.54. The summed E-state index contributed by atoms with van der Waals surface area (Å²) in [4.78, 5) is 23.4. The lowest BCUT2D eigenvalue weighted by molar-refractivity contribution is -0.164.